The molecule has 0 aliphatic carbocycles. The molecule has 0 saturated heterocycles. The van der Waals surface area contributed by atoms with Gasteiger partial charge in [0, 0.05) is 29.9 Å². The van der Waals surface area contributed by atoms with E-state index < -0.39 is 0 Å². The van der Waals surface area contributed by atoms with E-state index in [4.69, 9.17) is 16.9 Å². The number of aliphatic hydroxyl groups is 1. The summed E-state index contributed by atoms with van der Waals surface area (Å²) >= 11 is 5.91. The Bertz CT molecular complexity index is 400. The van der Waals surface area contributed by atoms with Crippen molar-refractivity contribution in [1.82, 2.24) is 0 Å². The number of rotatable bonds is 4. The van der Waals surface area contributed by atoms with E-state index in [9.17, 15) is 5.11 Å². The fraction of sp³-hybridized carbons (Fsp3) is 0.417. The molecule has 0 saturated carbocycles. The fourth-order valence-electron chi connectivity index (χ4n) is 1.58. The predicted octanol–water partition coefficient (Wildman–Crippen LogP) is 2.43. The van der Waals surface area contributed by atoms with Crippen molar-refractivity contribution in [2.75, 3.05) is 18.5 Å². The van der Waals surface area contributed by atoms with E-state index >= 15 is 0 Å². The summed E-state index contributed by atoms with van der Waals surface area (Å²) in [6.07, 6.45) is 0. The van der Waals surface area contributed by atoms with E-state index in [1.54, 1.807) is 18.2 Å². The van der Waals surface area contributed by atoms with Gasteiger partial charge in [0.1, 0.15) is 0 Å². The van der Waals surface area contributed by atoms with Gasteiger partial charge < -0.3 is 10.0 Å². The van der Waals surface area contributed by atoms with Crippen LogP contribution < -0.4 is 4.90 Å². The Labute approximate surface area is 101 Å². The van der Waals surface area contributed by atoms with Crippen LogP contribution in [0.5, 0.6) is 0 Å². The molecule has 0 fully saturated rings. The number of anilines is 1. The topological polar surface area (TPSA) is 47.3 Å². The number of hydrogen-bond donors (Lipinski definition) is 1. The standard InChI is InChI=1S/C12H15ClN2O/c1-9(6-14)7-15(2)12-5-11(13)4-3-10(12)8-16/h3-5,9,16H,7-8H2,1-2H3. The molecule has 3 nitrogen and oxygen atoms in total. The van der Waals surface area contributed by atoms with Crippen LogP contribution in [0.15, 0.2) is 18.2 Å². The maximum atomic E-state index is 9.21. The van der Waals surface area contributed by atoms with Gasteiger partial charge in [0.2, 0.25) is 0 Å². The Hall–Kier alpha value is -1.24. The second-order valence-corrected chi connectivity index (χ2v) is 4.28. The maximum absolute atomic E-state index is 9.21. The van der Waals surface area contributed by atoms with Gasteiger partial charge in [-0.05, 0) is 19.1 Å². The van der Waals surface area contributed by atoms with E-state index in [0.29, 0.717) is 11.6 Å². The zero-order valence-corrected chi connectivity index (χ0v) is 10.2. The Balaban J connectivity index is 2.93. The minimum absolute atomic E-state index is 0.0300. The average molecular weight is 239 g/mol. The molecule has 0 bridgehead atoms. The summed E-state index contributed by atoms with van der Waals surface area (Å²) in [4.78, 5) is 1.94. The monoisotopic (exact) mass is 238 g/mol. The molecule has 1 atom stereocenters. The van der Waals surface area contributed by atoms with Crippen molar-refractivity contribution >= 4 is 17.3 Å². The molecule has 1 rings (SSSR count). The Morgan fingerprint density at radius 1 is 1.56 bits per heavy atom. The summed E-state index contributed by atoms with van der Waals surface area (Å²) in [7, 11) is 1.89. The third-order valence-electron chi connectivity index (χ3n) is 2.40. The second kappa shape index (κ2) is 5.74. The van der Waals surface area contributed by atoms with Crippen molar-refractivity contribution in [2.24, 2.45) is 5.92 Å². The van der Waals surface area contributed by atoms with Crippen molar-refractivity contribution in [3.8, 4) is 6.07 Å². The van der Waals surface area contributed by atoms with E-state index in [1.165, 1.54) is 0 Å². The minimum Gasteiger partial charge on any atom is -0.392 e. The normalized spacial score (nSPS) is 11.9. The third-order valence-corrected chi connectivity index (χ3v) is 2.63. The number of nitrogens with zero attached hydrogens (tertiary/aromatic N) is 2. The SMILES string of the molecule is CC(C#N)CN(C)c1cc(Cl)ccc1CO. The summed E-state index contributed by atoms with van der Waals surface area (Å²) in [5.41, 5.74) is 1.69. The number of halogens is 1. The maximum Gasteiger partial charge on any atom is 0.0702 e. The average Bonchev–Trinajstić information content (AvgIpc) is 2.28. The molecule has 0 radical (unpaired) electrons. The molecule has 86 valence electrons. The van der Waals surface area contributed by atoms with Gasteiger partial charge in [-0.3, -0.25) is 0 Å². The molecular weight excluding hydrogens is 224 g/mol. The van der Waals surface area contributed by atoms with Gasteiger partial charge in [-0.15, -0.1) is 0 Å². The van der Waals surface area contributed by atoms with Crippen LogP contribution in [0.2, 0.25) is 5.02 Å². The first-order valence-electron chi connectivity index (χ1n) is 5.08. The lowest BCUT2D eigenvalue weighted by atomic mass is 10.1. The lowest BCUT2D eigenvalue weighted by Gasteiger charge is -2.23. The molecule has 16 heavy (non-hydrogen) atoms. The smallest absolute Gasteiger partial charge is 0.0702 e. The molecule has 1 unspecified atom stereocenters. The Morgan fingerprint density at radius 2 is 2.25 bits per heavy atom. The highest BCUT2D eigenvalue weighted by Crippen LogP contribution is 2.24. The highest BCUT2D eigenvalue weighted by Gasteiger charge is 2.10. The van der Waals surface area contributed by atoms with Crippen LogP contribution in [-0.4, -0.2) is 18.7 Å². The van der Waals surface area contributed by atoms with E-state index in [2.05, 4.69) is 6.07 Å². The fourth-order valence-corrected chi connectivity index (χ4v) is 1.74. The first kappa shape index (κ1) is 12.8. The molecule has 0 aromatic heterocycles. The van der Waals surface area contributed by atoms with E-state index in [1.807, 2.05) is 18.9 Å². The summed E-state index contributed by atoms with van der Waals surface area (Å²) in [6.45, 7) is 2.45. The van der Waals surface area contributed by atoms with Crippen LogP contribution in [-0.2, 0) is 6.61 Å². The van der Waals surface area contributed by atoms with Crippen LogP contribution in [0, 0.1) is 17.2 Å². The highest BCUT2D eigenvalue weighted by molar-refractivity contribution is 6.30. The van der Waals surface area contributed by atoms with Gasteiger partial charge in [0.15, 0.2) is 0 Å². The number of hydrogen-bond acceptors (Lipinski definition) is 3. The minimum atomic E-state index is -0.0597. The van der Waals surface area contributed by atoms with Crippen LogP contribution in [0.4, 0.5) is 5.69 Å². The molecule has 1 aromatic rings. The molecule has 0 aliphatic rings. The van der Waals surface area contributed by atoms with Crippen LogP contribution >= 0.6 is 11.6 Å². The quantitative estimate of drug-likeness (QED) is 0.877. The Kier molecular flexibility index (Phi) is 4.60. The molecule has 0 heterocycles. The van der Waals surface area contributed by atoms with Crippen LogP contribution in [0.25, 0.3) is 0 Å². The van der Waals surface area contributed by atoms with Crippen molar-refractivity contribution in [3.05, 3.63) is 28.8 Å². The zero-order valence-electron chi connectivity index (χ0n) is 9.44. The number of nitriles is 1. The first-order chi connectivity index (χ1) is 7.58. The van der Waals surface area contributed by atoms with E-state index in [-0.39, 0.29) is 12.5 Å². The molecule has 0 spiro atoms. The number of aliphatic hydroxyl groups excluding tert-OH is 1. The van der Waals surface area contributed by atoms with Gasteiger partial charge in [0.25, 0.3) is 0 Å². The predicted molar refractivity (Wildman–Crippen MR) is 65.4 cm³/mol. The summed E-state index contributed by atoms with van der Waals surface area (Å²) in [5.74, 6) is -0.0597. The van der Waals surface area contributed by atoms with Crippen molar-refractivity contribution in [1.29, 1.82) is 5.26 Å². The van der Waals surface area contributed by atoms with Crippen molar-refractivity contribution < 1.29 is 5.11 Å². The van der Waals surface area contributed by atoms with Crippen molar-refractivity contribution in [2.45, 2.75) is 13.5 Å². The van der Waals surface area contributed by atoms with Gasteiger partial charge in [-0.1, -0.05) is 17.7 Å². The summed E-state index contributed by atoms with van der Waals surface area (Å²) in [6, 6.07) is 7.53. The van der Waals surface area contributed by atoms with Gasteiger partial charge in [-0.2, -0.15) is 5.26 Å². The van der Waals surface area contributed by atoms with E-state index in [0.717, 1.165) is 11.3 Å². The first-order valence-corrected chi connectivity index (χ1v) is 5.46. The van der Waals surface area contributed by atoms with Gasteiger partial charge >= 0.3 is 0 Å². The van der Waals surface area contributed by atoms with Crippen molar-refractivity contribution in [3.63, 3.8) is 0 Å². The third kappa shape index (κ3) is 3.13. The zero-order chi connectivity index (χ0) is 12.1. The molecular formula is C12H15ClN2O. The highest BCUT2D eigenvalue weighted by atomic mass is 35.5. The van der Waals surface area contributed by atoms with Gasteiger partial charge in [0.05, 0.1) is 18.6 Å². The van der Waals surface area contributed by atoms with Crippen LogP contribution in [0.3, 0.4) is 0 Å². The Morgan fingerprint density at radius 3 is 2.81 bits per heavy atom. The largest absolute Gasteiger partial charge is 0.392 e. The number of benzene rings is 1. The molecule has 0 amide bonds. The van der Waals surface area contributed by atoms with Gasteiger partial charge in [-0.25, -0.2) is 0 Å². The molecule has 1 aromatic carbocycles. The summed E-state index contributed by atoms with van der Waals surface area (Å²) in [5, 5.41) is 18.6. The molecule has 4 heteroatoms. The van der Waals surface area contributed by atoms with Crippen LogP contribution in [0.1, 0.15) is 12.5 Å². The lowest BCUT2D eigenvalue weighted by Crippen LogP contribution is -2.24. The lowest BCUT2D eigenvalue weighted by molar-refractivity contribution is 0.282. The molecule has 1 N–H and O–H groups in total. The summed E-state index contributed by atoms with van der Waals surface area (Å²) < 4.78 is 0. The second-order valence-electron chi connectivity index (χ2n) is 3.84. The molecule has 0 aliphatic heterocycles.